The molecule has 0 saturated heterocycles. The highest BCUT2D eigenvalue weighted by atomic mass is 79.9. The van der Waals surface area contributed by atoms with E-state index in [2.05, 4.69) is 83.5 Å². The number of hydrogen-bond donors (Lipinski definition) is 2. The summed E-state index contributed by atoms with van der Waals surface area (Å²) in [7, 11) is 1.69. The van der Waals surface area contributed by atoms with Gasteiger partial charge in [-0.2, -0.15) is 0 Å². The van der Waals surface area contributed by atoms with Gasteiger partial charge in [0, 0.05) is 34.7 Å². The molecule has 2 aromatic carbocycles. The number of benzene rings is 2. The molecular weight excluding hydrogens is 604 g/mol. The van der Waals surface area contributed by atoms with Gasteiger partial charge in [-0.15, -0.1) is 0 Å². The Morgan fingerprint density at radius 2 is 0.860 bits per heavy atom. The predicted octanol–water partition coefficient (Wildman–Crippen LogP) is 10.6. The number of alkyl halides is 1. The molecule has 0 spiro atoms. The van der Waals surface area contributed by atoms with E-state index >= 15 is 0 Å². The maximum atomic E-state index is 10.0. The van der Waals surface area contributed by atoms with E-state index in [0.29, 0.717) is 13.2 Å². The Bertz CT molecular complexity index is 1050. The third-order valence-corrected chi connectivity index (χ3v) is 7.42. The number of phenols is 2. The standard InChI is InChI=1S/C20H34O3.C14H22O2.C3H7Br/c1-9-10-22-17-13-16(20(5,6)7)18(23-12-11-21-8)14-15(17)19(2,3)4;1-13(2,3)9-7-12(16)10(8-11(9)15)14(4,5)6;1-2-3-4/h13-14H,9-12H2,1-8H3;7-8,15-16H,1-6H3;2-3H2,1H3. The van der Waals surface area contributed by atoms with Crippen molar-refractivity contribution in [3.8, 4) is 23.0 Å². The number of hydrogen-bond acceptors (Lipinski definition) is 5. The smallest absolute Gasteiger partial charge is 0.123 e. The third-order valence-electron chi connectivity index (χ3n) is 6.62. The van der Waals surface area contributed by atoms with Gasteiger partial charge in [0.2, 0.25) is 0 Å². The van der Waals surface area contributed by atoms with E-state index in [1.165, 1.54) is 17.5 Å². The lowest BCUT2D eigenvalue weighted by molar-refractivity contribution is 0.145. The van der Waals surface area contributed by atoms with Crippen LogP contribution in [0.15, 0.2) is 24.3 Å². The van der Waals surface area contributed by atoms with Crippen LogP contribution in [0.4, 0.5) is 0 Å². The Balaban J connectivity index is 0.000000764. The molecule has 2 N–H and O–H groups in total. The number of methoxy groups -OCH3 is 1. The first-order chi connectivity index (χ1) is 19.6. The van der Waals surface area contributed by atoms with Gasteiger partial charge in [0.05, 0.1) is 13.2 Å². The van der Waals surface area contributed by atoms with Crippen LogP contribution in [-0.2, 0) is 26.4 Å². The van der Waals surface area contributed by atoms with Crippen molar-refractivity contribution in [2.75, 3.05) is 32.3 Å². The van der Waals surface area contributed by atoms with Crippen LogP contribution < -0.4 is 9.47 Å². The third kappa shape index (κ3) is 14.2. The molecule has 0 saturated carbocycles. The van der Waals surface area contributed by atoms with Crippen molar-refractivity contribution in [2.24, 2.45) is 0 Å². The summed E-state index contributed by atoms with van der Waals surface area (Å²) >= 11 is 3.25. The van der Waals surface area contributed by atoms with Crippen molar-refractivity contribution in [3.63, 3.8) is 0 Å². The molecule has 2 rings (SSSR count). The quantitative estimate of drug-likeness (QED) is 0.167. The van der Waals surface area contributed by atoms with Gasteiger partial charge in [-0.25, -0.2) is 0 Å². The van der Waals surface area contributed by atoms with E-state index < -0.39 is 0 Å². The molecule has 2 aromatic rings. The van der Waals surface area contributed by atoms with Gasteiger partial charge < -0.3 is 24.4 Å². The molecule has 0 radical (unpaired) electrons. The highest BCUT2D eigenvalue weighted by Gasteiger charge is 2.27. The van der Waals surface area contributed by atoms with Crippen LogP contribution in [-0.4, -0.2) is 42.5 Å². The molecule has 0 fully saturated rings. The van der Waals surface area contributed by atoms with Crippen molar-refractivity contribution in [1.82, 2.24) is 0 Å². The lowest BCUT2D eigenvalue weighted by atomic mass is 9.81. The first kappa shape index (κ1) is 41.1. The summed E-state index contributed by atoms with van der Waals surface area (Å²) in [4.78, 5) is 0. The summed E-state index contributed by atoms with van der Waals surface area (Å²) in [5.41, 5.74) is 3.56. The predicted molar refractivity (Wildman–Crippen MR) is 188 cm³/mol. The Labute approximate surface area is 272 Å². The fourth-order valence-corrected chi connectivity index (χ4v) is 4.20. The van der Waals surface area contributed by atoms with Gasteiger partial charge in [0.1, 0.15) is 29.6 Å². The Morgan fingerprint density at radius 1 is 0.535 bits per heavy atom. The van der Waals surface area contributed by atoms with E-state index in [1.807, 2.05) is 41.5 Å². The van der Waals surface area contributed by atoms with Crippen LogP contribution in [0.1, 0.15) is 132 Å². The lowest BCUT2D eigenvalue weighted by Gasteiger charge is -2.29. The van der Waals surface area contributed by atoms with Crippen LogP contribution in [0.2, 0.25) is 0 Å². The minimum Gasteiger partial charge on any atom is -0.508 e. The largest absolute Gasteiger partial charge is 0.508 e. The first-order valence-corrected chi connectivity index (χ1v) is 16.7. The fourth-order valence-electron chi connectivity index (χ4n) is 4.20. The van der Waals surface area contributed by atoms with Gasteiger partial charge in [-0.1, -0.05) is 113 Å². The topological polar surface area (TPSA) is 68.2 Å². The highest BCUT2D eigenvalue weighted by Crippen LogP contribution is 2.42. The van der Waals surface area contributed by atoms with Crippen molar-refractivity contribution in [1.29, 1.82) is 0 Å². The number of ether oxygens (including phenoxy) is 3. The van der Waals surface area contributed by atoms with Gasteiger partial charge in [-0.05, 0) is 58.8 Å². The van der Waals surface area contributed by atoms with Crippen LogP contribution >= 0.6 is 15.9 Å². The second kappa shape index (κ2) is 17.5. The monoisotopic (exact) mass is 666 g/mol. The molecule has 0 unspecified atom stereocenters. The zero-order valence-corrected chi connectivity index (χ0v) is 31.6. The Kier molecular flexibility index (Phi) is 16.8. The van der Waals surface area contributed by atoms with E-state index in [1.54, 1.807) is 19.2 Å². The second-order valence-corrected chi connectivity index (χ2v) is 15.9. The minimum absolute atomic E-state index is 0.00114. The molecule has 0 amide bonds. The van der Waals surface area contributed by atoms with Crippen LogP contribution in [0, 0.1) is 0 Å². The molecule has 0 aromatic heterocycles. The SMILES string of the molecule is CC(C)(C)c1cc(O)c(C(C)(C)C)cc1O.CCCBr.CCCOc1cc(C(C)(C)C)c(OCCOC)cc1C(C)(C)C. The molecule has 248 valence electrons. The van der Waals surface area contributed by atoms with Gasteiger partial charge in [-0.3, -0.25) is 0 Å². The summed E-state index contributed by atoms with van der Waals surface area (Å²) in [5.74, 6) is 2.43. The summed E-state index contributed by atoms with van der Waals surface area (Å²) in [5, 5.41) is 21.1. The molecule has 0 bridgehead atoms. The van der Waals surface area contributed by atoms with Crippen LogP contribution in [0.25, 0.3) is 0 Å². The van der Waals surface area contributed by atoms with E-state index in [9.17, 15) is 10.2 Å². The summed E-state index contributed by atoms with van der Waals surface area (Å²) in [6.45, 7) is 31.4. The van der Waals surface area contributed by atoms with Crippen molar-refractivity contribution < 1.29 is 24.4 Å². The zero-order chi connectivity index (χ0) is 33.8. The average Bonchev–Trinajstić information content (AvgIpc) is 2.87. The maximum absolute atomic E-state index is 10.0. The van der Waals surface area contributed by atoms with E-state index in [-0.39, 0.29) is 33.2 Å². The normalized spacial score (nSPS) is 12.1. The lowest BCUT2D eigenvalue weighted by Crippen LogP contribution is -2.19. The number of phenolic OH excluding ortho intramolecular Hbond substituents is 2. The summed E-state index contributed by atoms with van der Waals surface area (Å²) in [6.07, 6.45) is 2.24. The van der Waals surface area contributed by atoms with Crippen molar-refractivity contribution in [3.05, 3.63) is 46.5 Å². The van der Waals surface area contributed by atoms with E-state index in [4.69, 9.17) is 14.2 Å². The van der Waals surface area contributed by atoms with E-state index in [0.717, 1.165) is 41.0 Å². The molecule has 6 heteroatoms. The van der Waals surface area contributed by atoms with Gasteiger partial charge in [0.15, 0.2) is 0 Å². The fraction of sp³-hybridized carbons (Fsp3) is 0.676. The van der Waals surface area contributed by atoms with Crippen molar-refractivity contribution in [2.45, 2.75) is 131 Å². The molecule has 0 atom stereocenters. The summed E-state index contributed by atoms with van der Waals surface area (Å²) in [6, 6.07) is 7.67. The Morgan fingerprint density at radius 3 is 1.12 bits per heavy atom. The summed E-state index contributed by atoms with van der Waals surface area (Å²) < 4.78 is 17.2. The maximum Gasteiger partial charge on any atom is 0.123 e. The van der Waals surface area contributed by atoms with Gasteiger partial charge in [0.25, 0.3) is 0 Å². The molecule has 0 aliphatic heterocycles. The van der Waals surface area contributed by atoms with Crippen LogP contribution in [0.5, 0.6) is 23.0 Å². The number of aromatic hydroxyl groups is 2. The highest BCUT2D eigenvalue weighted by molar-refractivity contribution is 9.09. The average molecular weight is 668 g/mol. The molecule has 0 aliphatic carbocycles. The minimum atomic E-state index is -0.169. The molecular formula is C37H63BrO5. The number of rotatable bonds is 8. The first-order valence-electron chi connectivity index (χ1n) is 15.6. The second-order valence-electron chi connectivity index (χ2n) is 15.1. The Hall–Kier alpha value is -1.92. The molecule has 5 nitrogen and oxygen atoms in total. The molecule has 43 heavy (non-hydrogen) atoms. The zero-order valence-electron chi connectivity index (χ0n) is 30.0. The number of halogens is 1. The molecule has 0 heterocycles. The van der Waals surface area contributed by atoms with Crippen molar-refractivity contribution >= 4 is 15.9 Å². The van der Waals surface area contributed by atoms with Crippen LogP contribution in [0.3, 0.4) is 0 Å². The molecule has 0 aliphatic rings. The van der Waals surface area contributed by atoms with Gasteiger partial charge >= 0.3 is 0 Å².